The third-order valence-electron chi connectivity index (χ3n) is 3.95. The molecule has 0 heterocycles. The molecule has 0 saturated carbocycles. The topological polar surface area (TPSA) is 41.5 Å². The molecule has 1 aliphatic rings. The predicted molar refractivity (Wildman–Crippen MR) is 83.7 cm³/mol. The molecule has 0 spiro atoms. The summed E-state index contributed by atoms with van der Waals surface area (Å²) in [6, 6.07) is 15.9. The van der Waals surface area contributed by atoms with Crippen LogP contribution in [0, 0.1) is 0 Å². The summed E-state index contributed by atoms with van der Waals surface area (Å²) in [5, 5.41) is 13.2. The highest BCUT2D eigenvalue weighted by molar-refractivity contribution is 5.38. The van der Waals surface area contributed by atoms with E-state index in [2.05, 4.69) is 5.32 Å². The average molecular weight is 283 g/mol. The third-order valence-corrected chi connectivity index (χ3v) is 3.95. The molecule has 3 rings (SSSR count). The third kappa shape index (κ3) is 3.56. The van der Waals surface area contributed by atoms with Crippen molar-refractivity contribution in [2.75, 3.05) is 13.2 Å². The average Bonchev–Trinajstić information content (AvgIpc) is 2.53. The van der Waals surface area contributed by atoms with Crippen LogP contribution >= 0.6 is 0 Å². The maximum absolute atomic E-state index is 9.67. The molecule has 0 radical (unpaired) electrons. The molecule has 2 aromatic rings. The molecule has 0 bridgehead atoms. The number of aromatic hydroxyl groups is 1. The van der Waals surface area contributed by atoms with Gasteiger partial charge in [0.25, 0.3) is 0 Å². The largest absolute Gasteiger partial charge is 0.508 e. The molecule has 1 atom stereocenters. The van der Waals surface area contributed by atoms with Crippen LogP contribution in [0.1, 0.15) is 30.0 Å². The smallest absolute Gasteiger partial charge is 0.119 e. The van der Waals surface area contributed by atoms with Gasteiger partial charge in [0.2, 0.25) is 0 Å². The minimum atomic E-state index is 0.320. The highest BCUT2D eigenvalue weighted by Crippen LogP contribution is 2.31. The minimum absolute atomic E-state index is 0.320. The first-order valence-electron chi connectivity index (χ1n) is 7.56. The summed E-state index contributed by atoms with van der Waals surface area (Å²) in [6.45, 7) is 1.45. The van der Waals surface area contributed by atoms with Crippen LogP contribution in [0.15, 0.2) is 48.5 Å². The molecule has 2 N–H and O–H groups in total. The molecule has 0 saturated heterocycles. The van der Waals surface area contributed by atoms with Gasteiger partial charge in [-0.25, -0.2) is 0 Å². The minimum Gasteiger partial charge on any atom is -0.508 e. The first-order chi connectivity index (χ1) is 10.3. The van der Waals surface area contributed by atoms with Gasteiger partial charge in [0.05, 0.1) is 0 Å². The molecular formula is C18H21NO2. The van der Waals surface area contributed by atoms with E-state index in [-0.39, 0.29) is 0 Å². The molecule has 0 fully saturated rings. The number of nitrogens with one attached hydrogen (secondary N) is 1. The van der Waals surface area contributed by atoms with Crippen molar-refractivity contribution in [3.05, 3.63) is 59.7 Å². The van der Waals surface area contributed by atoms with Crippen molar-refractivity contribution in [1.82, 2.24) is 5.32 Å². The van der Waals surface area contributed by atoms with E-state index in [1.165, 1.54) is 17.5 Å². The van der Waals surface area contributed by atoms with Crippen LogP contribution in [0.3, 0.4) is 0 Å². The van der Waals surface area contributed by atoms with Gasteiger partial charge in [-0.1, -0.05) is 24.3 Å². The fourth-order valence-corrected chi connectivity index (χ4v) is 2.92. The lowest BCUT2D eigenvalue weighted by Gasteiger charge is -2.26. The van der Waals surface area contributed by atoms with E-state index < -0.39 is 0 Å². The first-order valence-corrected chi connectivity index (χ1v) is 7.56. The molecule has 3 heteroatoms. The summed E-state index contributed by atoms with van der Waals surface area (Å²) in [7, 11) is 0. The Kier molecular flexibility index (Phi) is 4.41. The lowest BCUT2D eigenvalue weighted by Crippen LogP contribution is -2.28. The second kappa shape index (κ2) is 6.64. The summed E-state index contributed by atoms with van der Waals surface area (Å²) < 4.78 is 5.70. The second-order valence-corrected chi connectivity index (χ2v) is 5.44. The fourth-order valence-electron chi connectivity index (χ4n) is 2.92. The van der Waals surface area contributed by atoms with E-state index in [9.17, 15) is 5.11 Å². The quantitative estimate of drug-likeness (QED) is 0.826. The molecule has 0 amide bonds. The summed E-state index contributed by atoms with van der Waals surface area (Å²) in [5.74, 6) is 1.25. The van der Waals surface area contributed by atoms with Crippen LogP contribution in [-0.2, 0) is 6.42 Å². The highest BCUT2D eigenvalue weighted by atomic mass is 16.5. The molecule has 3 nitrogen and oxygen atoms in total. The number of phenols is 1. The van der Waals surface area contributed by atoms with Crippen LogP contribution in [-0.4, -0.2) is 18.3 Å². The Bertz CT molecular complexity index is 583. The standard InChI is InChI=1S/C18H21NO2/c20-15-10-9-14-5-4-8-18(17(14)13-15)19-11-12-21-16-6-2-1-3-7-16/h1-3,6-7,9-10,13,18-20H,4-5,8,11-12H2. The van der Waals surface area contributed by atoms with Crippen molar-refractivity contribution in [3.8, 4) is 11.5 Å². The van der Waals surface area contributed by atoms with Crippen molar-refractivity contribution >= 4 is 0 Å². The number of aryl methyl sites for hydroxylation is 1. The Morgan fingerprint density at radius 1 is 1.14 bits per heavy atom. The van der Waals surface area contributed by atoms with E-state index in [0.717, 1.165) is 25.1 Å². The van der Waals surface area contributed by atoms with Gasteiger partial charge >= 0.3 is 0 Å². The summed E-state index contributed by atoms with van der Waals surface area (Å²) in [4.78, 5) is 0. The SMILES string of the molecule is Oc1ccc2c(c1)C(NCCOc1ccccc1)CCC2. The number of hydrogen-bond donors (Lipinski definition) is 2. The van der Waals surface area contributed by atoms with Crippen molar-refractivity contribution in [3.63, 3.8) is 0 Å². The van der Waals surface area contributed by atoms with Gasteiger partial charge < -0.3 is 15.2 Å². The molecule has 1 aliphatic carbocycles. The number of phenolic OH excluding ortho intramolecular Hbond substituents is 1. The summed E-state index contributed by atoms with van der Waals surface area (Å²) >= 11 is 0. The summed E-state index contributed by atoms with van der Waals surface area (Å²) in [6.07, 6.45) is 3.41. The van der Waals surface area contributed by atoms with Gasteiger partial charge in [-0.3, -0.25) is 0 Å². The normalized spacial score (nSPS) is 17.2. The zero-order valence-corrected chi connectivity index (χ0v) is 12.1. The monoisotopic (exact) mass is 283 g/mol. The van der Waals surface area contributed by atoms with Crippen LogP contribution in [0.25, 0.3) is 0 Å². The van der Waals surface area contributed by atoms with E-state index in [1.54, 1.807) is 6.07 Å². The summed E-state index contributed by atoms with van der Waals surface area (Å²) in [5.41, 5.74) is 2.58. The highest BCUT2D eigenvalue weighted by Gasteiger charge is 2.19. The van der Waals surface area contributed by atoms with Gasteiger partial charge in [-0.2, -0.15) is 0 Å². The van der Waals surface area contributed by atoms with Crippen LogP contribution < -0.4 is 10.1 Å². The molecule has 2 aromatic carbocycles. The maximum Gasteiger partial charge on any atom is 0.119 e. The van der Waals surface area contributed by atoms with Crippen molar-refractivity contribution in [2.45, 2.75) is 25.3 Å². The van der Waals surface area contributed by atoms with Gasteiger partial charge in [-0.05, 0) is 54.7 Å². The number of ether oxygens (including phenoxy) is 1. The Morgan fingerprint density at radius 3 is 2.86 bits per heavy atom. The molecule has 0 aromatic heterocycles. The van der Waals surface area contributed by atoms with E-state index >= 15 is 0 Å². The van der Waals surface area contributed by atoms with Crippen LogP contribution in [0.4, 0.5) is 0 Å². The molecule has 110 valence electrons. The Hall–Kier alpha value is -2.00. The lowest BCUT2D eigenvalue weighted by molar-refractivity contribution is 0.300. The zero-order chi connectivity index (χ0) is 14.5. The second-order valence-electron chi connectivity index (χ2n) is 5.44. The molecule has 0 aliphatic heterocycles. The van der Waals surface area contributed by atoms with Gasteiger partial charge in [0, 0.05) is 12.6 Å². The number of para-hydroxylation sites is 1. The Labute approximate surface area is 125 Å². The maximum atomic E-state index is 9.67. The Morgan fingerprint density at radius 2 is 2.00 bits per heavy atom. The molecule has 21 heavy (non-hydrogen) atoms. The van der Waals surface area contributed by atoms with Crippen molar-refractivity contribution in [1.29, 1.82) is 0 Å². The number of benzene rings is 2. The number of rotatable bonds is 5. The number of hydrogen-bond acceptors (Lipinski definition) is 3. The molecular weight excluding hydrogens is 262 g/mol. The number of fused-ring (bicyclic) bond motifs is 1. The lowest BCUT2D eigenvalue weighted by atomic mass is 9.87. The van der Waals surface area contributed by atoms with E-state index in [4.69, 9.17) is 4.74 Å². The first kappa shape index (κ1) is 14.0. The van der Waals surface area contributed by atoms with E-state index in [0.29, 0.717) is 18.4 Å². The van der Waals surface area contributed by atoms with Gasteiger partial charge in [0.15, 0.2) is 0 Å². The van der Waals surface area contributed by atoms with Crippen molar-refractivity contribution in [2.24, 2.45) is 0 Å². The van der Waals surface area contributed by atoms with Gasteiger partial charge in [-0.15, -0.1) is 0 Å². The van der Waals surface area contributed by atoms with Gasteiger partial charge in [0.1, 0.15) is 18.1 Å². The van der Waals surface area contributed by atoms with E-state index in [1.807, 2.05) is 42.5 Å². The van der Waals surface area contributed by atoms with Crippen LogP contribution in [0.5, 0.6) is 11.5 Å². The van der Waals surface area contributed by atoms with Crippen molar-refractivity contribution < 1.29 is 9.84 Å². The fraction of sp³-hybridized carbons (Fsp3) is 0.333. The van der Waals surface area contributed by atoms with Crippen LogP contribution in [0.2, 0.25) is 0 Å². The zero-order valence-electron chi connectivity index (χ0n) is 12.1. The predicted octanol–water partition coefficient (Wildman–Crippen LogP) is 3.44. The molecule has 1 unspecified atom stereocenters. The Balaban J connectivity index is 1.54.